The maximum Gasteiger partial charge on any atom is 0.324 e. The lowest BCUT2D eigenvalue weighted by Gasteiger charge is -2.20. The Labute approximate surface area is 157 Å². The van der Waals surface area contributed by atoms with Gasteiger partial charge in [0.15, 0.2) is 12.4 Å². The molecular weight excluding hydrogens is 374 g/mol. The van der Waals surface area contributed by atoms with Gasteiger partial charge in [-0.2, -0.15) is 4.72 Å². The highest BCUT2D eigenvalue weighted by molar-refractivity contribution is 7.89. The molecular formula is C17H21N3O6S. The van der Waals surface area contributed by atoms with Crippen LogP contribution < -0.4 is 10.0 Å². The lowest BCUT2D eigenvalue weighted by molar-refractivity contribution is -0.150. The molecule has 0 aliphatic rings. The number of hydrogen-bond donors (Lipinski definition) is 2. The molecule has 0 aliphatic carbocycles. The maximum absolute atomic E-state index is 12.5. The molecule has 1 heterocycles. The zero-order chi connectivity index (χ0) is 20.0. The second-order valence-electron chi connectivity index (χ2n) is 6.20. The molecule has 0 radical (unpaired) electrons. The predicted octanol–water partition coefficient (Wildman–Crippen LogP) is 1.47. The summed E-state index contributed by atoms with van der Waals surface area (Å²) in [5.74, 6) is -1.69. The van der Waals surface area contributed by atoms with Crippen LogP contribution in [0.2, 0.25) is 0 Å². The minimum atomic E-state index is -3.92. The second kappa shape index (κ2) is 8.78. The zero-order valence-electron chi connectivity index (χ0n) is 15.1. The van der Waals surface area contributed by atoms with E-state index in [9.17, 15) is 18.0 Å². The molecule has 146 valence electrons. The number of sulfonamides is 1. The standard InChI is InChI=1S/C17H21N3O6S/c1-11(2)16(20-27(23,24)13-6-4-12(3)5-7-13)17(22)25-10-15(21)18-14-8-9-26-19-14/h4-9,11,16,20H,10H2,1-3H3,(H,18,19,21)/t16-/m0/s1. The Morgan fingerprint density at radius 2 is 1.85 bits per heavy atom. The van der Waals surface area contributed by atoms with Crippen LogP contribution >= 0.6 is 0 Å². The monoisotopic (exact) mass is 395 g/mol. The molecule has 2 rings (SSSR count). The Morgan fingerprint density at radius 1 is 1.19 bits per heavy atom. The third-order valence-corrected chi connectivity index (χ3v) is 5.04. The summed E-state index contributed by atoms with van der Waals surface area (Å²) in [5, 5.41) is 5.86. The normalized spacial score (nSPS) is 12.6. The number of carbonyl (C=O) groups excluding carboxylic acids is 2. The first-order valence-electron chi connectivity index (χ1n) is 8.15. The van der Waals surface area contributed by atoms with Crippen LogP contribution in [0.25, 0.3) is 0 Å². The zero-order valence-corrected chi connectivity index (χ0v) is 15.9. The first-order chi connectivity index (χ1) is 12.7. The Hall–Kier alpha value is -2.72. The minimum absolute atomic E-state index is 0.0373. The van der Waals surface area contributed by atoms with Gasteiger partial charge >= 0.3 is 5.97 Å². The molecule has 0 unspecified atom stereocenters. The van der Waals surface area contributed by atoms with Gasteiger partial charge in [0.25, 0.3) is 5.91 Å². The van der Waals surface area contributed by atoms with E-state index in [1.54, 1.807) is 26.0 Å². The van der Waals surface area contributed by atoms with Crippen molar-refractivity contribution in [2.45, 2.75) is 31.7 Å². The van der Waals surface area contributed by atoms with Crippen LogP contribution in [0, 0.1) is 12.8 Å². The highest BCUT2D eigenvalue weighted by Crippen LogP contribution is 2.14. The van der Waals surface area contributed by atoms with Crippen molar-refractivity contribution in [3.8, 4) is 0 Å². The highest BCUT2D eigenvalue weighted by Gasteiger charge is 2.30. The quantitative estimate of drug-likeness (QED) is 0.648. The van der Waals surface area contributed by atoms with Crippen LogP contribution in [-0.4, -0.2) is 38.1 Å². The summed E-state index contributed by atoms with van der Waals surface area (Å²) in [6.07, 6.45) is 1.27. The van der Waals surface area contributed by atoms with Crippen molar-refractivity contribution < 1.29 is 27.3 Å². The minimum Gasteiger partial charge on any atom is -0.454 e. The fraction of sp³-hybridized carbons (Fsp3) is 0.353. The summed E-state index contributed by atoms with van der Waals surface area (Å²) < 4.78 is 36.8. The SMILES string of the molecule is Cc1ccc(S(=O)(=O)N[C@H](C(=O)OCC(=O)Nc2ccon2)C(C)C)cc1. The van der Waals surface area contributed by atoms with Crippen LogP contribution in [0.4, 0.5) is 5.82 Å². The van der Waals surface area contributed by atoms with Crippen LogP contribution in [0.3, 0.4) is 0 Å². The number of nitrogens with zero attached hydrogens (tertiary/aromatic N) is 1. The molecule has 1 amide bonds. The van der Waals surface area contributed by atoms with E-state index in [1.165, 1.54) is 24.5 Å². The van der Waals surface area contributed by atoms with E-state index in [1.807, 2.05) is 6.92 Å². The molecule has 9 nitrogen and oxygen atoms in total. The fourth-order valence-corrected chi connectivity index (χ4v) is 3.42. The average molecular weight is 395 g/mol. The number of carbonyl (C=O) groups is 2. The summed E-state index contributed by atoms with van der Waals surface area (Å²) in [4.78, 5) is 24.1. The fourth-order valence-electron chi connectivity index (χ4n) is 2.09. The van der Waals surface area contributed by atoms with Gasteiger partial charge in [0.2, 0.25) is 10.0 Å². The molecule has 0 fully saturated rings. The van der Waals surface area contributed by atoms with Gasteiger partial charge in [-0.25, -0.2) is 8.42 Å². The number of aryl methyl sites for hydroxylation is 1. The Morgan fingerprint density at radius 3 is 2.41 bits per heavy atom. The van der Waals surface area contributed by atoms with E-state index in [-0.39, 0.29) is 10.7 Å². The summed E-state index contributed by atoms with van der Waals surface area (Å²) in [7, 11) is -3.92. The van der Waals surface area contributed by atoms with Gasteiger partial charge in [0.1, 0.15) is 12.3 Å². The van der Waals surface area contributed by atoms with E-state index in [0.717, 1.165) is 5.56 Å². The number of hydrogen-bond acceptors (Lipinski definition) is 7. The lowest BCUT2D eigenvalue weighted by Crippen LogP contribution is -2.45. The molecule has 27 heavy (non-hydrogen) atoms. The number of esters is 1. The molecule has 1 atom stereocenters. The third kappa shape index (κ3) is 5.90. The van der Waals surface area contributed by atoms with Gasteiger partial charge in [-0.1, -0.05) is 36.7 Å². The van der Waals surface area contributed by atoms with E-state index >= 15 is 0 Å². The molecule has 0 saturated carbocycles. The average Bonchev–Trinajstić information content (AvgIpc) is 3.10. The Bertz CT molecular complexity index is 876. The maximum atomic E-state index is 12.5. The van der Waals surface area contributed by atoms with Gasteiger partial charge in [0, 0.05) is 6.07 Å². The van der Waals surface area contributed by atoms with Crippen molar-refractivity contribution in [3.63, 3.8) is 0 Å². The van der Waals surface area contributed by atoms with Crippen LogP contribution in [0.15, 0.2) is 46.0 Å². The van der Waals surface area contributed by atoms with Gasteiger partial charge in [0.05, 0.1) is 4.90 Å². The van der Waals surface area contributed by atoms with Gasteiger partial charge < -0.3 is 14.6 Å². The van der Waals surface area contributed by atoms with Crippen LogP contribution in [0.1, 0.15) is 19.4 Å². The van der Waals surface area contributed by atoms with Gasteiger partial charge in [-0.15, -0.1) is 0 Å². The lowest BCUT2D eigenvalue weighted by atomic mass is 10.1. The van der Waals surface area contributed by atoms with Crippen molar-refractivity contribution in [1.82, 2.24) is 9.88 Å². The first-order valence-corrected chi connectivity index (χ1v) is 9.63. The molecule has 0 bridgehead atoms. The van der Waals surface area contributed by atoms with E-state index in [0.29, 0.717) is 0 Å². The molecule has 1 aromatic carbocycles. The van der Waals surface area contributed by atoms with Crippen molar-refractivity contribution in [1.29, 1.82) is 0 Å². The van der Waals surface area contributed by atoms with Crippen LogP contribution in [-0.2, 0) is 24.3 Å². The first kappa shape index (κ1) is 20.6. The third-order valence-electron chi connectivity index (χ3n) is 3.58. The van der Waals surface area contributed by atoms with Crippen molar-refractivity contribution in [2.75, 3.05) is 11.9 Å². The van der Waals surface area contributed by atoms with E-state index in [2.05, 4.69) is 19.7 Å². The number of anilines is 1. The number of benzene rings is 1. The van der Waals surface area contributed by atoms with E-state index in [4.69, 9.17) is 4.74 Å². The number of nitrogens with one attached hydrogen (secondary N) is 2. The smallest absolute Gasteiger partial charge is 0.324 e. The van der Waals surface area contributed by atoms with Crippen LogP contribution in [0.5, 0.6) is 0 Å². The molecule has 0 saturated heterocycles. The molecule has 2 aromatic rings. The highest BCUT2D eigenvalue weighted by atomic mass is 32.2. The topological polar surface area (TPSA) is 128 Å². The summed E-state index contributed by atoms with van der Waals surface area (Å²) in [5.41, 5.74) is 0.909. The number of rotatable bonds is 8. The molecule has 0 spiro atoms. The summed E-state index contributed by atoms with van der Waals surface area (Å²) in [6, 6.07) is 6.50. The predicted molar refractivity (Wildman–Crippen MR) is 96.2 cm³/mol. The molecule has 0 aliphatic heterocycles. The molecule has 1 aromatic heterocycles. The largest absolute Gasteiger partial charge is 0.454 e. The number of aromatic nitrogens is 1. The van der Waals surface area contributed by atoms with Gasteiger partial charge in [-0.3, -0.25) is 9.59 Å². The van der Waals surface area contributed by atoms with Gasteiger partial charge in [-0.05, 0) is 25.0 Å². The second-order valence-corrected chi connectivity index (χ2v) is 7.91. The Kier molecular flexibility index (Phi) is 6.70. The number of amides is 1. The van der Waals surface area contributed by atoms with Crippen molar-refractivity contribution in [3.05, 3.63) is 42.2 Å². The summed E-state index contributed by atoms with van der Waals surface area (Å²) in [6.45, 7) is 4.58. The van der Waals surface area contributed by atoms with E-state index < -0.39 is 40.5 Å². The number of ether oxygens (including phenoxy) is 1. The Balaban J connectivity index is 2.00. The van der Waals surface area contributed by atoms with Crippen molar-refractivity contribution >= 4 is 27.7 Å². The van der Waals surface area contributed by atoms with Crippen molar-refractivity contribution in [2.24, 2.45) is 5.92 Å². The summed E-state index contributed by atoms with van der Waals surface area (Å²) >= 11 is 0. The molecule has 10 heteroatoms. The molecule has 2 N–H and O–H groups in total.